The van der Waals surface area contributed by atoms with Gasteiger partial charge in [0, 0.05) is 0 Å². The maximum Gasteiger partial charge on any atom is 0.222 e. The maximum atomic E-state index is 10.2. The fourth-order valence-corrected chi connectivity index (χ4v) is 1.08. The van der Waals surface area contributed by atoms with Crippen molar-refractivity contribution in [2.75, 3.05) is 20.0 Å². The molecule has 2 N–H and O–H groups in total. The average Bonchev–Trinajstić information content (AvgIpc) is 1.21. The Bertz CT molecular complexity index is 149. The molecule has 0 atom stereocenters. The van der Waals surface area contributed by atoms with E-state index < -0.39 is 10.0 Å². The summed E-state index contributed by atoms with van der Waals surface area (Å²) in [7, 11) is -0.0109. The van der Waals surface area contributed by atoms with E-state index in [0.29, 0.717) is 0 Å². The van der Waals surface area contributed by atoms with Gasteiger partial charge in [0.25, 0.3) is 0 Å². The van der Waals surface area contributed by atoms with Crippen LogP contribution in [-0.2, 0) is 10.0 Å². The Hall–Kier alpha value is -0.130. The molecule has 5 heteroatoms. The molecule has 0 aromatic rings. The Morgan fingerprint density at radius 3 is 1.88 bits per heavy atom. The highest BCUT2D eigenvalue weighted by atomic mass is 32.2. The van der Waals surface area contributed by atoms with Gasteiger partial charge in [-0.1, -0.05) is 0 Å². The lowest BCUT2D eigenvalue weighted by atomic mass is 11.0. The molecule has 0 saturated heterocycles. The number of nitrogens with two attached hydrogens (primary N) is 1. The van der Waals surface area contributed by atoms with Crippen molar-refractivity contribution in [1.82, 2.24) is 4.90 Å². The van der Waals surface area contributed by atoms with Crippen molar-refractivity contribution in [2.24, 2.45) is 5.14 Å². The van der Waals surface area contributed by atoms with Gasteiger partial charge in [0.05, 0.1) is 0 Å². The predicted molar refractivity (Wildman–Crippen MR) is 31.7 cm³/mol. The van der Waals surface area contributed by atoms with E-state index in [2.05, 4.69) is 5.14 Å². The zero-order chi connectivity index (χ0) is 6.78. The molecule has 0 aromatic heterocycles. The van der Waals surface area contributed by atoms with Crippen molar-refractivity contribution in [3.05, 3.63) is 0 Å². The third-order valence-corrected chi connectivity index (χ3v) is 1.31. The Labute approximate surface area is 49.3 Å². The summed E-state index contributed by atoms with van der Waals surface area (Å²) in [5, 5.41) is 4.67. The quantitative estimate of drug-likeness (QED) is 0.521. The van der Waals surface area contributed by atoms with Crippen LogP contribution in [0.4, 0.5) is 0 Å². The number of rotatable bonds is 2. The largest absolute Gasteiger partial charge is 0.295 e. The monoisotopic (exact) mass is 138 g/mol. The van der Waals surface area contributed by atoms with E-state index in [1.54, 1.807) is 14.1 Å². The molecule has 8 heavy (non-hydrogen) atoms. The highest BCUT2D eigenvalue weighted by Crippen LogP contribution is 1.78. The molecule has 0 spiro atoms. The fraction of sp³-hybridized carbons (Fsp3) is 1.00. The molecule has 0 amide bonds. The summed E-state index contributed by atoms with van der Waals surface area (Å²) >= 11 is 0. The molecular weight excluding hydrogens is 128 g/mol. The van der Waals surface area contributed by atoms with Crippen LogP contribution < -0.4 is 5.14 Å². The Kier molecular flexibility index (Phi) is 2.39. The van der Waals surface area contributed by atoms with E-state index in [0.717, 1.165) is 0 Å². The Morgan fingerprint density at radius 1 is 1.50 bits per heavy atom. The SMILES string of the molecule is CN(C)CS(N)(=O)=O. The first kappa shape index (κ1) is 7.87. The number of primary sulfonamides is 1. The summed E-state index contributed by atoms with van der Waals surface area (Å²) in [6, 6.07) is 0. The summed E-state index contributed by atoms with van der Waals surface area (Å²) < 4.78 is 20.4. The van der Waals surface area contributed by atoms with Crippen molar-refractivity contribution in [1.29, 1.82) is 0 Å². The van der Waals surface area contributed by atoms with Crippen LogP contribution in [0.3, 0.4) is 0 Å². The van der Waals surface area contributed by atoms with Crippen LogP contribution >= 0.6 is 0 Å². The van der Waals surface area contributed by atoms with E-state index in [1.807, 2.05) is 0 Å². The van der Waals surface area contributed by atoms with Crippen LogP contribution in [-0.4, -0.2) is 33.3 Å². The lowest BCUT2D eigenvalue weighted by molar-refractivity contribution is 0.462. The third-order valence-electron chi connectivity index (χ3n) is 0.438. The molecule has 0 radical (unpaired) electrons. The lowest BCUT2D eigenvalue weighted by Gasteiger charge is -2.04. The molecule has 0 aliphatic heterocycles. The summed E-state index contributed by atoms with van der Waals surface area (Å²) in [6.07, 6.45) is 0. The minimum absolute atomic E-state index is 0.0903. The zero-order valence-corrected chi connectivity index (χ0v) is 5.77. The molecule has 0 aliphatic rings. The van der Waals surface area contributed by atoms with Gasteiger partial charge < -0.3 is 0 Å². The van der Waals surface area contributed by atoms with Crippen molar-refractivity contribution < 1.29 is 8.42 Å². The summed E-state index contributed by atoms with van der Waals surface area (Å²) in [5.41, 5.74) is 0. The molecule has 0 heterocycles. The van der Waals surface area contributed by atoms with Crippen LogP contribution in [0, 0.1) is 0 Å². The number of hydrogen-bond acceptors (Lipinski definition) is 3. The molecular formula is C3H10N2O2S. The number of hydrogen-bond donors (Lipinski definition) is 1. The van der Waals surface area contributed by atoms with Gasteiger partial charge in [-0.2, -0.15) is 0 Å². The van der Waals surface area contributed by atoms with Crippen LogP contribution in [0.15, 0.2) is 0 Å². The topological polar surface area (TPSA) is 63.4 Å². The van der Waals surface area contributed by atoms with Gasteiger partial charge in [-0.3, -0.25) is 4.90 Å². The normalized spacial score (nSPS) is 12.5. The molecule has 0 saturated carbocycles. The van der Waals surface area contributed by atoms with E-state index >= 15 is 0 Å². The van der Waals surface area contributed by atoms with Gasteiger partial charge >= 0.3 is 0 Å². The van der Waals surface area contributed by atoms with Gasteiger partial charge in [0.15, 0.2) is 0 Å². The Morgan fingerprint density at radius 2 is 1.88 bits per heavy atom. The van der Waals surface area contributed by atoms with Crippen molar-refractivity contribution in [3.63, 3.8) is 0 Å². The third kappa shape index (κ3) is 5.87. The van der Waals surface area contributed by atoms with Crippen molar-refractivity contribution in [2.45, 2.75) is 0 Å². The highest BCUT2D eigenvalue weighted by Gasteiger charge is 2.01. The van der Waals surface area contributed by atoms with E-state index in [9.17, 15) is 8.42 Å². The second-order valence-corrected chi connectivity index (χ2v) is 3.46. The summed E-state index contributed by atoms with van der Waals surface area (Å²) in [6.45, 7) is 0. The van der Waals surface area contributed by atoms with Crippen LogP contribution in [0.25, 0.3) is 0 Å². The van der Waals surface area contributed by atoms with Gasteiger partial charge in [-0.15, -0.1) is 0 Å². The first-order chi connectivity index (χ1) is 3.42. The van der Waals surface area contributed by atoms with Gasteiger partial charge in [0.2, 0.25) is 10.0 Å². The Balaban J connectivity index is 3.75. The van der Waals surface area contributed by atoms with E-state index in [4.69, 9.17) is 0 Å². The standard InChI is InChI=1S/C3H10N2O2S/c1-5(2)3-8(4,6)7/h3H2,1-2H3,(H2,4,6,7). The fourth-order valence-electron chi connectivity index (χ4n) is 0.360. The van der Waals surface area contributed by atoms with Gasteiger partial charge in [0.1, 0.15) is 5.88 Å². The second-order valence-electron chi connectivity index (χ2n) is 1.87. The molecule has 0 bridgehead atoms. The maximum absolute atomic E-state index is 10.2. The minimum atomic E-state index is -3.30. The molecule has 0 aliphatic carbocycles. The molecule has 0 rings (SSSR count). The van der Waals surface area contributed by atoms with Gasteiger partial charge in [-0.05, 0) is 14.1 Å². The zero-order valence-electron chi connectivity index (χ0n) is 4.96. The van der Waals surface area contributed by atoms with Crippen molar-refractivity contribution in [3.8, 4) is 0 Å². The smallest absolute Gasteiger partial charge is 0.222 e. The molecule has 50 valence electrons. The molecule has 0 aromatic carbocycles. The van der Waals surface area contributed by atoms with E-state index in [1.165, 1.54) is 4.90 Å². The average molecular weight is 138 g/mol. The van der Waals surface area contributed by atoms with E-state index in [-0.39, 0.29) is 5.88 Å². The predicted octanol–water partition coefficient (Wildman–Crippen LogP) is -1.21. The molecule has 0 fully saturated rings. The van der Waals surface area contributed by atoms with Crippen molar-refractivity contribution >= 4 is 10.0 Å². The summed E-state index contributed by atoms with van der Waals surface area (Å²) in [4.78, 5) is 1.50. The summed E-state index contributed by atoms with van der Waals surface area (Å²) in [5.74, 6) is -0.0903. The second kappa shape index (κ2) is 2.43. The first-order valence-corrected chi connectivity index (χ1v) is 3.78. The lowest BCUT2D eigenvalue weighted by Crippen LogP contribution is -2.27. The molecule has 0 unspecified atom stereocenters. The van der Waals surface area contributed by atoms with Gasteiger partial charge in [-0.25, -0.2) is 13.6 Å². The van der Waals surface area contributed by atoms with Crippen LogP contribution in [0.2, 0.25) is 0 Å². The van der Waals surface area contributed by atoms with Crippen LogP contribution in [0.5, 0.6) is 0 Å². The number of sulfonamides is 1. The highest BCUT2D eigenvalue weighted by molar-refractivity contribution is 7.89. The minimum Gasteiger partial charge on any atom is -0.295 e. The van der Waals surface area contributed by atoms with Crippen LogP contribution in [0.1, 0.15) is 0 Å². The molecule has 4 nitrogen and oxygen atoms in total. The first-order valence-electron chi connectivity index (χ1n) is 2.07. The number of nitrogens with zero attached hydrogens (tertiary/aromatic N) is 1.